The van der Waals surface area contributed by atoms with Crippen molar-refractivity contribution < 1.29 is 17.2 Å². The molecule has 5 aromatic rings. The molecule has 1 aromatic heterocycles. The minimum absolute atomic E-state index is 0.221. The molecule has 0 spiro atoms. The molecule has 9 heteroatoms. The summed E-state index contributed by atoms with van der Waals surface area (Å²) in [5, 5.41) is 5.35. The molecule has 5 rings (SSSR count). The van der Waals surface area contributed by atoms with E-state index in [0.29, 0.717) is 17.6 Å². The van der Waals surface area contributed by atoms with Crippen LogP contribution in [0.25, 0.3) is 22.0 Å². The van der Waals surface area contributed by atoms with Crippen molar-refractivity contribution in [2.24, 2.45) is 0 Å². The van der Waals surface area contributed by atoms with Gasteiger partial charge in [-0.3, -0.25) is 4.72 Å². The summed E-state index contributed by atoms with van der Waals surface area (Å²) < 4.78 is 54.2. The lowest BCUT2D eigenvalue weighted by Crippen LogP contribution is -2.14. The van der Waals surface area contributed by atoms with Crippen molar-refractivity contribution in [2.45, 2.75) is 4.90 Å². The van der Waals surface area contributed by atoms with Gasteiger partial charge < -0.3 is 5.32 Å². The quantitative estimate of drug-likeness (QED) is 0.301. The van der Waals surface area contributed by atoms with Crippen molar-refractivity contribution in [2.75, 3.05) is 10.0 Å². The van der Waals surface area contributed by atoms with Crippen LogP contribution in [0.3, 0.4) is 0 Å². The first-order chi connectivity index (χ1) is 16.9. The van der Waals surface area contributed by atoms with Crippen LogP contribution in [0.1, 0.15) is 0 Å². The number of fused-ring (bicyclic) bond motifs is 1. The lowest BCUT2D eigenvalue weighted by Gasteiger charge is -2.11. The minimum atomic E-state index is -4.22. The van der Waals surface area contributed by atoms with E-state index in [1.807, 2.05) is 48.5 Å². The normalized spacial score (nSPS) is 11.4. The van der Waals surface area contributed by atoms with Crippen LogP contribution >= 0.6 is 0 Å². The zero-order valence-corrected chi connectivity index (χ0v) is 18.9. The Bertz CT molecular complexity index is 1640. The highest BCUT2D eigenvalue weighted by Crippen LogP contribution is 2.29. The smallest absolute Gasteiger partial charge is 0.264 e. The Kier molecular flexibility index (Phi) is 5.84. The van der Waals surface area contributed by atoms with E-state index in [-0.39, 0.29) is 5.69 Å². The standard InChI is InChI=1S/C26H18F2N4O2S/c27-18-8-13-25(23(28)14-18)35(33,34)32-20-11-9-19(10-12-20)31-26-15-24(29-16-30-26)22-7-3-5-17-4-1-2-6-21(17)22/h1-16,32H,(H,29,30,31). The molecular formula is C26H18F2N4O2S. The molecule has 2 N–H and O–H groups in total. The van der Waals surface area contributed by atoms with Crippen molar-refractivity contribution in [3.8, 4) is 11.3 Å². The highest BCUT2D eigenvalue weighted by Gasteiger charge is 2.19. The molecule has 174 valence electrons. The zero-order chi connectivity index (χ0) is 24.4. The van der Waals surface area contributed by atoms with E-state index in [9.17, 15) is 17.2 Å². The summed E-state index contributed by atoms with van der Waals surface area (Å²) in [6, 6.07) is 24.5. The van der Waals surface area contributed by atoms with Gasteiger partial charge >= 0.3 is 0 Å². The number of sulfonamides is 1. The third-order valence-electron chi connectivity index (χ3n) is 5.33. The number of hydrogen-bond acceptors (Lipinski definition) is 5. The Balaban J connectivity index is 1.35. The van der Waals surface area contributed by atoms with Crippen molar-refractivity contribution in [1.82, 2.24) is 9.97 Å². The van der Waals surface area contributed by atoms with Gasteiger partial charge in [0.2, 0.25) is 0 Å². The van der Waals surface area contributed by atoms with Crippen LogP contribution in [0.15, 0.2) is 102 Å². The molecule has 4 aromatic carbocycles. The molecule has 0 fully saturated rings. The molecule has 0 saturated carbocycles. The van der Waals surface area contributed by atoms with Crippen LogP contribution in [-0.4, -0.2) is 18.4 Å². The number of benzene rings is 4. The average molecular weight is 489 g/mol. The molecule has 0 amide bonds. The molecule has 0 atom stereocenters. The monoisotopic (exact) mass is 488 g/mol. The summed E-state index contributed by atoms with van der Waals surface area (Å²) in [7, 11) is -4.22. The number of halogens is 2. The molecule has 0 aliphatic carbocycles. The van der Waals surface area contributed by atoms with E-state index in [2.05, 4.69) is 20.0 Å². The molecule has 0 aliphatic heterocycles. The number of nitrogens with zero attached hydrogens (tertiary/aromatic N) is 2. The predicted octanol–water partition coefficient (Wildman–Crippen LogP) is 6.12. The predicted molar refractivity (Wildman–Crippen MR) is 132 cm³/mol. The van der Waals surface area contributed by atoms with Gasteiger partial charge in [-0.15, -0.1) is 0 Å². The van der Waals surface area contributed by atoms with Gasteiger partial charge in [-0.25, -0.2) is 27.2 Å². The first kappa shape index (κ1) is 22.4. The first-order valence-corrected chi connectivity index (χ1v) is 12.0. The number of aromatic nitrogens is 2. The van der Waals surface area contributed by atoms with E-state index in [0.717, 1.165) is 34.2 Å². The Morgan fingerprint density at radius 3 is 2.29 bits per heavy atom. The number of hydrogen-bond donors (Lipinski definition) is 2. The minimum Gasteiger partial charge on any atom is -0.340 e. The maximum Gasteiger partial charge on any atom is 0.264 e. The number of nitrogens with one attached hydrogen (secondary N) is 2. The van der Waals surface area contributed by atoms with E-state index >= 15 is 0 Å². The summed E-state index contributed by atoms with van der Waals surface area (Å²) in [5.74, 6) is -1.46. The summed E-state index contributed by atoms with van der Waals surface area (Å²) in [6.45, 7) is 0. The van der Waals surface area contributed by atoms with Crippen LogP contribution in [0.5, 0.6) is 0 Å². The van der Waals surface area contributed by atoms with Crippen LogP contribution in [-0.2, 0) is 10.0 Å². The maximum atomic E-state index is 13.9. The fourth-order valence-corrected chi connectivity index (χ4v) is 4.81. The van der Waals surface area contributed by atoms with E-state index < -0.39 is 26.6 Å². The van der Waals surface area contributed by atoms with Crippen molar-refractivity contribution >= 4 is 38.0 Å². The van der Waals surface area contributed by atoms with Gasteiger partial charge in [0.25, 0.3) is 10.0 Å². The maximum absolute atomic E-state index is 13.9. The fraction of sp³-hybridized carbons (Fsp3) is 0. The second kappa shape index (κ2) is 9.11. The Morgan fingerprint density at radius 2 is 1.49 bits per heavy atom. The topological polar surface area (TPSA) is 84.0 Å². The molecule has 35 heavy (non-hydrogen) atoms. The van der Waals surface area contributed by atoms with Crippen molar-refractivity contribution in [1.29, 1.82) is 0 Å². The number of anilines is 3. The van der Waals surface area contributed by atoms with Crippen molar-refractivity contribution in [3.63, 3.8) is 0 Å². The van der Waals surface area contributed by atoms with Crippen LogP contribution in [0.2, 0.25) is 0 Å². The molecule has 6 nitrogen and oxygen atoms in total. The molecule has 0 saturated heterocycles. The Labute approximate surface area is 200 Å². The van der Waals surface area contributed by atoms with Crippen LogP contribution < -0.4 is 10.0 Å². The van der Waals surface area contributed by atoms with Crippen molar-refractivity contribution in [3.05, 3.63) is 109 Å². The third kappa shape index (κ3) is 4.80. The second-order valence-electron chi connectivity index (χ2n) is 7.70. The summed E-state index contributed by atoms with van der Waals surface area (Å²) >= 11 is 0. The Hall–Kier alpha value is -4.37. The largest absolute Gasteiger partial charge is 0.340 e. The molecule has 0 radical (unpaired) electrons. The second-order valence-corrected chi connectivity index (χ2v) is 9.35. The average Bonchev–Trinajstić information content (AvgIpc) is 2.85. The summed E-state index contributed by atoms with van der Waals surface area (Å²) in [4.78, 5) is 8.05. The molecule has 0 bridgehead atoms. The summed E-state index contributed by atoms with van der Waals surface area (Å²) in [6.07, 6.45) is 1.47. The highest BCUT2D eigenvalue weighted by molar-refractivity contribution is 7.92. The molecular weight excluding hydrogens is 470 g/mol. The Morgan fingerprint density at radius 1 is 0.743 bits per heavy atom. The van der Waals surface area contributed by atoms with E-state index in [4.69, 9.17) is 0 Å². The van der Waals surface area contributed by atoms with Crippen LogP contribution in [0.4, 0.5) is 26.0 Å². The summed E-state index contributed by atoms with van der Waals surface area (Å²) in [5.41, 5.74) is 2.61. The van der Waals surface area contributed by atoms with Gasteiger partial charge in [0, 0.05) is 29.1 Å². The first-order valence-electron chi connectivity index (χ1n) is 10.5. The molecule has 0 aliphatic rings. The lowest BCUT2D eigenvalue weighted by atomic mass is 10.0. The third-order valence-corrected chi connectivity index (χ3v) is 6.74. The molecule has 1 heterocycles. The van der Waals surface area contributed by atoms with Gasteiger partial charge in [0.1, 0.15) is 28.7 Å². The SMILES string of the molecule is O=S(=O)(Nc1ccc(Nc2cc(-c3cccc4ccccc34)ncn2)cc1)c1ccc(F)cc1F. The van der Waals surface area contributed by atoms with Gasteiger partial charge in [-0.1, -0.05) is 42.5 Å². The highest BCUT2D eigenvalue weighted by atomic mass is 32.2. The van der Waals surface area contributed by atoms with Crippen LogP contribution in [0, 0.1) is 11.6 Å². The number of rotatable bonds is 6. The van der Waals surface area contributed by atoms with Gasteiger partial charge in [0.15, 0.2) is 0 Å². The van der Waals surface area contributed by atoms with E-state index in [1.165, 1.54) is 18.5 Å². The fourth-order valence-electron chi connectivity index (χ4n) is 3.69. The van der Waals surface area contributed by atoms with E-state index in [1.54, 1.807) is 12.1 Å². The zero-order valence-electron chi connectivity index (χ0n) is 18.1. The lowest BCUT2D eigenvalue weighted by molar-refractivity contribution is 0.551. The molecule has 0 unspecified atom stereocenters. The van der Waals surface area contributed by atoms with Gasteiger partial charge in [-0.05, 0) is 47.2 Å². The van der Waals surface area contributed by atoms with Gasteiger partial charge in [-0.2, -0.15) is 0 Å². The van der Waals surface area contributed by atoms with Gasteiger partial charge in [0.05, 0.1) is 5.69 Å².